The summed E-state index contributed by atoms with van der Waals surface area (Å²) in [5.74, 6) is -0.151. The van der Waals surface area contributed by atoms with Crippen LogP contribution in [0.3, 0.4) is 0 Å². The zero-order valence-electron chi connectivity index (χ0n) is 9.36. The van der Waals surface area contributed by atoms with Gasteiger partial charge < -0.3 is 10.2 Å². The van der Waals surface area contributed by atoms with Gasteiger partial charge in [-0.15, -0.1) is 0 Å². The fraction of sp³-hybridized carbons (Fsp3) is 0.333. The summed E-state index contributed by atoms with van der Waals surface area (Å²) in [6, 6.07) is 9.73. The lowest BCUT2D eigenvalue weighted by Crippen LogP contribution is -2.43. The second-order valence-electron chi connectivity index (χ2n) is 3.98. The first-order valence-electron chi connectivity index (χ1n) is 5.18. The van der Waals surface area contributed by atoms with Gasteiger partial charge >= 0.3 is 0 Å². The molecule has 0 bridgehead atoms. The second kappa shape index (κ2) is 3.96. The van der Waals surface area contributed by atoms with Crippen molar-refractivity contribution in [2.24, 2.45) is 5.16 Å². The largest absolute Gasteiger partial charge is 0.379 e. The molecule has 1 N–H and O–H groups in total. The van der Waals surface area contributed by atoms with Crippen molar-refractivity contribution >= 4 is 11.6 Å². The van der Waals surface area contributed by atoms with E-state index in [9.17, 15) is 4.79 Å². The monoisotopic (exact) mass is 218 g/mol. The highest BCUT2D eigenvalue weighted by atomic mass is 16.7. The third kappa shape index (κ3) is 1.78. The molecule has 2 rings (SSSR count). The fourth-order valence-electron chi connectivity index (χ4n) is 1.71. The molecule has 1 atom stereocenters. The molecular weight excluding hydrogens is 204 g/mol. The Hall–Kier alpha value is -1.84. The first kappa shape index (κ1) is 10.7. The van der Waals surface area contributed by atoms with E-state index in [1.807, 2.05) is 30.3 Å². The molecule has 1 heterocycles. The maximum atomic E-state index is 11.6. The molecule has 0 aromatic heterocycles. The number of rotatable bonds is 2. The highest BCUT2D eigenvalue weighted by Crippen LogP contribution is 2.26. The van der Waals surface area contributed by atoms with Gasteiger partial charge in [-0.05, 0) is 12.5 Å². The third-order valence-corrected chi connectivity index (χ3v) is 2.68. The Morgan fingerprint density at radius 1 is 1.44 bits per heavy atom. The van der Waals surface area contributed by atoms with E-state index >= 15 is 0 Å². The molecule has 1 aromatic carbocycles. The third-order valence-electron chi connectivity index (χ3n) is 2.68. The first-order chi connectivity index (χ1) is 7.65. The number of carbonyl (C=O) groups is 1. The molecule has 0 saturated heterocycles. The van der Waals surface area contributed by atoms with Crippen molar-refractivity contribution in [1.29, 1.82) is 0 Å². The van der Waals surface area contributed by atoms with E-state index < -0.39 is 5.60 Å². The summed E-state index contributed by atoms with van der Waals surface area (Å²) in [7, 11) is 1.59. The number of benzene rings is 1. The average Bonchev–Trinajstić information content (AvgIpc) is 2.73. The van der Waals surface area contributed by atoms with E-state index in [4.69, 9.17) is 4.84 Å². The Kier molecular flexibility index (Phi) is 2.64. The van der Waals surface area contributed by atoms with Gasteiger partial charge in [0, 0.05) is 13.5 Å². The zero-order chi connectivity index (χ0) is 11.6. The molecule has 0 radical (unpaired) electrons. The standard InChI is InChI=1S/C12H14N2O2/c1-12(11(15)13-2)8-10(14-16-12)9-6-4-3-5-7-9/h3-7H,8H2,1-2H3,(H,13,15)/t12-/m0/s1. The fourth-order valence-corrected chi connectivity index (χ4v) is 1.71. The van der Waals surface area contributed by atoms with Crippen LogP contribution in [0, 0.1) is 0 Å². The van der Waals surface area contributed by atoms with Gasteiger partial charge in [-0.25, -0.2) is 0 Å². The normalized spacial score (nSPS) is 23.5. The number of oxime groups is 1. The Bertz CT molecular complexity index is 428. The smallest absolute Gasteiger partial charge is 0.266 e. The van der Waals surface area contributed by atoms with Gasteiger partial charge in [-0.2, -0.15) is 0 Å². The van der Waals surface area contributed by atoms with Gasteiger partial charge in [0.15, 0.2) is 0 Å². The van der Waals surface area contributed by atoms with Crippen LogP contribution in [0.15, 0.2) is 35.5 Å². The minimum atomic E-state index is -0.875. The number of nitrogens with one attached hydrogen (secondary N) is 1. The highest BCUT2D eigenvalue weighted by Gasteiger charge is 2.41. The van der Waals surface area contributed by atoms with Crippen LogP contribution in [0.25, 0.3) is 0 Å². The van der Waals surface area contributed by atoms with Gasteiger partial charge in [-0.1, -0.05) is 35.5 Å². The summed E-state index contributed by atoms with van der Waals surface area (Å²) in [6.07, 6.45) is 0.497. The van der Waals surface area contributed by atoms with Crippen LogP contribution >= 0.6 is 0 Å². The van der Waals surface area contributed by atoms with E-state index in [1.165, 1.54) is 0 Å². The van der Waals surface area contributed by atoms with Crippen molar-refractivity contribution in [3.63, 3.8) is 0 Å². The van der Waals surface area contributed by atoms with Gasteiger partial charge in [0.2, 0.25) is 5.60 Å². The number of likely N-dealkylation sites (N-methyl/N-ethyl adjacent to an activating group) is 1. The summed E-state index contributed by atoms with van der Waals surface area (Å²) >= 11 is 0. The van der Waals surface area contributed by atoms with Crippen molar-refractivity contribution in [2.45, 2.75) is 18.9 Å². The summed E-state index contributed by atoms with van der Waals surface area (Å²) < 4.78 is 0. The maximum Gasteiger partial charge on any atom is 0.266 e. The van der Waals surface area contributed by atoms with E-state index in [-0.39, 0.29) is 5.91 Å². The van der Waals surface area contributed by atoms with E-state index in [0.29, 0.717) is 6.42 Å². The predicted molar refractivity (Wildman–Crippen MR) is 61.2 cm³/mol. The quantitative estimate of drug-likeness (QED) is 0.813. The topological polar surface area (TPSA) is 50.7 Å². The zero-order valence-corrected chi connectivity index (χ0v) is 9.36. The molecule has 1 aliphatic rings. The summed E-state index contributed by atoms with van der Waals surface area (Å²) in [5, 5.41) is 6.57. The van der Waals surface area contributed by atoms with Crippen LogP contribution in [0.2, 0.25) is 0 Å². The lowest BCUT2D eigenvalue weighted by molar-refractivity contribution is -0.141. The summed E-state index contributed by atoms with van der Waals surface area (Å²) in [4.78, 5) is 16.8. The maximum absolute atomic E-state index is 11.6. The van der Waals surface area contributed by atoms with Crippen molar-refractivity contribution in [1.82, 2.24) is 5.32 Å². The molecule has 84 valence electrons. The Morgan fingerprint density at radius 3 is 2.75 bits per heavy atom. The molecule has 1 aliphatic heterocycles. The van der Waals surface area contributed by atoms with Crippen molar-refractivity contribution in [2.75, 3.05) is 7.05 Å². The lowest BCUT2D eigenvalue weighted by atomic mass is 9.95. The van der Waals surface area contributed by atoms with E-state index in [1.54, 1.807) is 14.0 Å². The van der Waals surface area contributed by atoms with Crippen LogP contribution in [-0.4, -0.2) is 24.3 Å². The Balaban J connectivity index is 2.17. The minimum Gasteiger partial charge on any atom is -0.379 e. The Labute approximate surface area is 94.3 Å². The molecule has 4 heteroatoms. The molecule has 0 fully saturated rings. The van der Waals surface area contributed by atoms with Crippen molar-refractivity contribution in [3.05, 3.63) is 35.9 Å². The van der Waals surface area contributed by atoms with Crippen LogP contribution in [0.1, 0.15) is 18.9 Å². The average molecular weight is 218 g/mol. The molecule has 0 saturated carbocycles. The van der Waals surface area contributed by atoms with Gasteiger partial charge in [0.25, 0.3) is 5.91 Å². The van der Waals surface area contributed by atoms with Crippen molar-refractivity contribution in [3.8, 4) is 0 Å². The molecule has 0 aliphatic carbocycles. The SMILES string of the molecule is CNC(=O)[C@]1(C)CC(c2ccccc2)=NO1. The number of hydrogen-bond acceptors (Lipinski definition) is 3. The molecule has 1 aromatic rings. The number of hydrogen-bond donors (Lipinski definition) is 1. The van der Waals surface area contributed by atoms with Crippen LogP contribution < -0.4 is 5.32 Å². The summed E-state index contributed by atoms with van der Waals surface area (Å²) in [5.41, 5.74) is 0.932. The molecule has 16 heavy (non-hydrogen) atoms. The predicted octanol–water partition coefficient (Wildman–Crippen LogP) is 1.32. The number of nitrogens with zero attached hydrogens (tertiary/aromatic N) is 1. The second-order valence-corrected chi connectivity index (χ2v) is 3.98. The molecule has 0 spiro atoms. The summed E-state index contributed by atoms with van der Waals surface area (Å²) in [6.45, 7) is 1.74. The minimum absolute atomic E-state index is 0.151. The van der Waals surface area contributed by atoms with E-state index in [2.05, 4.69) is 10.5 Å². The highest BCUT2D eigenvalue weighted by molar-refractivity contribution is 6.05. The number of amides is 1. The van der Waals surface area contributed by atoms with Crippen LogP contribution in [0.5, 0.6) is 0 Å². The first-order valence-corrected chi connectivity index (χ1v) is 5.18. The number of carbonyl (C=O) groups excluding carboxylic acids is 1. The van der Waals surface area contributed by atoms with Crippen LogP contribution in [0.4, 0.5) is 0 Å². The van der Waals surface area contributed by atoms with Gasteiger partial charge in [0.1, 0.15) is 0 Å². The lowest BCUT2D eigenvalue weighted by Gasteiger charge is -2.18. The Morgan fingerprint density at radius 2 is 2.12 bits per heavy atom. The molecular formula is C12H14N2O2. The molecule has 0 unspecified atom stereocenters. The van der Waals surface area contributed by atoms with Gasteiger partial charge in [0.05, 0.1) is 5.71 Å². The van der Waals surface area contributed by atoms with E-state index in [0.717, 1.165) is 11.3 Å². The van der Waals surface area contributed by atoms with Crippen LogP contribution in [-0.2, 0) is 9.63 Å². The molecule has 4 nitrogen and oxygen atoms in total. The molecule has 1 amide bonds. The van der Waals surface area contributed by atoms with Gasteiger partial charge in [-0.3, -0.25) is 4.79 Å². The van der Waals surface area contributed by atoms with Crippen molar-refractivity contribution < 1.29 is 9.63 Å².